The van der Waals surface area contributed by atoms with Crippen LogP contribution in [0.5, 0.6) is 11.5 Å². The molecule has 3 unspecified atom stereocenters. The van der Waals surface area contributed by atoms with Crippen molar-refractivity contribution in [3.05, 3.63) is 54.9 Å². The largest absolute Gasteiger partial charge is 0.494 e. The predicted octanol–water partition coefficient (Wildman–Crippen LogP) is 3.85. The predicted molar refractivity (Wildman–Crippen MR) is 114 cm³/mol. The van der Waals surface area contributed by atoms with E-state index in [-0.39, 0.29) is 6.61 Å². The molecule has 1 aliphatic heterocycles. The lowest BCUT2D eigenvalue weighted by molar-refractivity contribution is 0.0302. The lowest BCUT2D eigenvalue weighted by Gasteiger charge is -2.22. The molecule has 5 nitrogen and oxygen atoms in total. The molecule has 0 bridgehead atoms. The van der Waals surface area contributed by atoms with Gasteiger partial charge in [0.2, 0.25) is 0 Å². The maximum atomic E-state index is 13.3. The molecule has 1 N–H and O–H groups in total. The first-order valence-electron chi connectivity index (χ1n) is 10.4. The van der Waals surface area contributed by atoms with Crippen molar-refractivity contribution >= 4 is 10.8 Å². The van der Waals surface area contributed by atoms with Crippen molar-refractivity contribution in [2.75, 3.05) is 33.4 Å². The molecule has 1 aromatic heterocycles. The van der Waals surface area contributed by atoms with Crippen LogP contribution in [0.3, 0.4) is 0 Å². The lowest BCUT2D eigenvalue weighted by atomic mass is 10.0. The Labute approximate surface area is 179 Å². The summed E-state index contributed by atoms with van der Waals surface area (Å²) in [5, 5.41) is 12.3. The summed E-state index contributed by atoms with van der Waals surface area (Å²) in [6.45, 7) is 1.19. The van der Waals surface area contributed by atoms with Gasteiger partial charge in [0.05, 0.1) is 13.3 Å². The van der Waals surface area contributed by atoms with E-state index in [4.69, 9.17) is 9.47 Å². The van der Waals surface area contributed by atoms with Crippen LogP contribution >= 0.6 is 0 Å². The van der Waals surface area contributed by atoms with E-state index in [9.17, 15) is 13.9 Å². The molecule has 3 aromatic rings. The van der Waals surface area contributed by atoms with E-state index in [1.165, 1.54) is 0 Å². The van der Waals surface area contributed by atoms with E-state index in [0.29, 0.717) is 25.4 Å². The number of pyridine rings is 1. The zero-order chi connectivity index (χ0) is 21.6. The number of likely N-dealkylation sites (tertiary alicyclic amines) is 1. The molecule has 0 radical (unpaired) electrons. The molecule has 5 rings (SSSR count). The summed E-state index contributed by atoms with van der Waals surface area (Å²) in [6, 6.07) is 13.8. The van der Waals surface area contributed by atoms with Crippen molar-refractivity contribution in [3.63, 3.8) is 0 Å². The highest BCUT2D eigenvalue weighted by molar-refractivity contribution is 5.89. The minimum absolute atomic E-state index is 0.125. The summed E-state index contributed by atoms with van der Waals surface area (Å²) in [5.41, 5.74) is 2.00. The van der Waals surface area contributed by atoms with Gasteiger partial charge in [0, 0.05) is 43.2 Å². The number of benzene rings is 2. The Bertz CT molecular complexity index is 1090. The number of alkyl halides is 2. The maximum absolute atomic E-state index is 13.3. The number of piperidine rings is 1. The number of rotatable bonds is 7. The number of β-amino-alcohol motifs (C(OH)–C–C–N with tert-alkyl or cyclic N) is 1. The van der Waals surface area contributed by atoms with Crippen LogP contribution in [0.1, 0.15) is 0 Å². The van der Waals surface area contributed by atoms with Crippen molar-refractivity contribution in [3.8, 4) is 22.6 Å². The van der Waals surface area contributed by atoms with Crippen LogP contribution in [0.4, 0.5) is 8.78 Å². The molecule has 1 aliphatic carbocycles. The van der Waals surface area contributed by atoms with Crippen LogP contribution in [-0.2, 0) is 0 Å². The van der Waals surface area contributed by atoms with E-state index >= 15 is 0 Å². The van der Waals surface area contributed by atoms with Crippen molar-refractivity contribution in [1.29, 1.82) is 0 Å². The number of methoxy groups -OCH3 is 1. The zero-order valence-electron chi connectivity index (χ0n) is 17.2. The Morgan fingerprint density at radius 2 is 1.87 bits per heavy atom. The van der Waals surface area contributed by atoms with Crippen molar-refractivity contribution in [2.45, 2.75) is 12.0 Å². The molecule has 7 heteroatoms. The lowest BCUT2D eigenvalue weighted by Crippen LogP contribution is -2.37. The molecule has 31 heavy (non-hydrogen) atoms. The van der Waals surface area contributed by atoms with Crippen molar-refractivity contribution in [1.82, 2.24) is 9.88 Å². The highest BCUT2D eigenvalue weighted by Crippen LogP contribution is 2.59. The number of ether oxygens (including phenoxy) is 2. The normalized spacial score (nSPS) is 22.8. The Morgan fingerprint density at radius 3 is 2.65 bits per heavy atom. The average molecular weight is 426 g/mol. The van der Waals surface area contributed by atoms with E-state index in [0.717, 1.165) is 27.6 Å². The second-order valence-electron chi connectivity index (χ2n) is 8.37. The Balaban J connectivity index is 1.21. The van der Waals surface area contributed by atoms with Crippen molar-refractivity contribution in [2.24, 2.45) is 11.8 Å². The topological polar surface area (TPSA) is 54.8 Å². The Morgan fingerprint density at radius 1 is 1.13 bits per heavy atom. The second kappa shape index (κ2) is 7.73. The molecule has 1 saturated heterocycles. The smallest absolute Gasteiger partial charge is 0.257 e. The fourth-order valence-electron chi connectivity index (χ4n) is 4.54. The van der Waals surface area contributed by atoms with Crippen LogP contribution in [0.25, 0.3) is 21.9 Å². The summed E-state index contributed by atoms with van der Waals surface area (Å²) in [5.74, 6) is -2.17. The summed E-state index contributed by atoms with van der Waals surface area (Å²) in [4.78, 5) is 6.00. The van der Waals surface area contributed by atoms with Gasteiger partial charge in [-0.2, -0.15) is 0 Å². The van der Waals surface area contributed by atoms with Gasteiger partial charge in [-0.15, -0.1) is 0 Å². The third-order valence-electron chi connectivity index (χ3n) is 6.31. The monoisotopic (exact) mass is 426 g/mol. The molecule has 0 spiro atoms. The summed E-state index contributed by atoms with van der Waals surface area (Å²) in [7, 11) is 1.63. The summed E-state index contributed by atoms with van der Waals surface area (Å²) >= 11 is 0. The second-order valence-corrected chi connectivity index (χ2v) is 8.37. The van der Waals surface area contributed by atoms with Crippen molar-refractivity contribution < 1.29 is 23.4 Å². The van der Waals surface area contributed by atoms with Crippen LogP contribution in [-0.4, -0.2) is 60.4 Å². The number of nitrogens with zero attached hydrogens (tertiary/aromatic N) is 2. The van der Waals surface area contributed by atoms with Gasteiger partial charge in [-0.3, -0.25) is 9.88 Å². The molecule has 2 aromatic carbocycles. The standard InChI is InChI=1S/C24H24F2N2O3/c1-30-23-10-27-7-6-20(23)17-3-2-16-9-19(5-4-15(16)8-17)31-14-18(29)11-28-12-21-22(13-28)24(21,25)26/h2-10,18,21-22,29H,11-14H2,1H3. The van der Waals surface area contributed by atoms with Crippen LogP contribution < -0.4 is 9.47 Å². The first-order valence-corrected chi connectivity index (χ1v) is 10.4. The van der Waals surface area contributed by atoms with E-state index in [1.807, 2.05) is 41.3 Å². The van der Waals surface area contributed by atoms with Crippen LogP contribution in [0.15, 0.2) is 54.9 Å². The highest BCUT2D eigenvalue weighted by atomic mass is 19.3. The minimum atomic E-state index is -2.49. The Hall–Kier alpha value is -2.77. The highest BCUT2D eigenvalue weighted by Gasteiger charge is 2.71. The molecule has 2 aliphatic rings. The number of aromatic nitrogens is 1. The number of hydrogen-bond donors (Lipinski definition) is 1. The molecule has 162 valence electrons. The van der Waals surface area contributed by atoms with E-state index in [2.05, 4.69) is 11.1 Å². The fourth-order valence-corrected chi connectivity index (χ4v) is 4.54. The van der Waals surface area contributed by atoms with Gasteiger partial charge >= 0.3 is 0 Å². The molecule has 3 atom stereocenters. The number of aliphatic hydroxyl groups is 1. The third kappa shape index (κ3) is 3.83. The fraction of sp³-hybridized carbons (Fsp3) is 0.375. The number of halogens is 2. The first-order chi connectivity index (χ1) is 15.0. The van der Waals surface area contributed by atoms with Gasteiger partial charge in [0.25, 0.3) is 5.92 Å². The third-order valence-corrected chi connectivity index (χ3v) is 6.31. The molecular weight excluding hydrogens is 402 g/mol. The molecule has 1 saturated carbocycles. The van der Waals surface area contributed by atoms with Gasteiger partial charge in [-0.05, 0) is 40.6 Å². The van der Waals surface area contributed by atoms with Crippen LogP contribution in [0.2, 0.25) is 0 Å². The number of aliphatic hydroxyl groups excluding tert-OH is 1. The van der Waals surface area contributed by atoms with Gasteiger partial charge in [0.1, 0.15) is 24.2 Å². The summed E-state index contributed by atoms with van der Waals surface area (Å²) < 4.78 is 37.7. The minimum Gasteiger partial charge on any atom is -0.494 e. The molecule has 2 heterocycles. The quantitative estimate of drug-likeness (QED) is 0.622. The average Bonchev–Trinajstić information content (AvgIpc) is 3.10. The Kier molecular flexibility index (Phi) is 5.02. The van der Waals surface area contributed by atoms with Gasteiger partial charge < -0.3 is 14.6 Å². The molecule has 2 fully saturated rings. The zero-order valence-corrected chi connectivity index (χ0v) is 17.2. The first kappa shape index (κ1) is 20.2. The summed E-state index contributed by atoms with van der Waals surface area (Å²) in [6.07, 6.45) is 2.71. The number of fused-ring (bicyclic) bond motifs is 2. The van der Waals surface area contributed by atoms with Gasteiger partial charge in [0.15, 0.2) is 0 Å². The molecular formula is C24H24F2N2O3. The maximum Gasteiger partial charge on any atom is 0.257 e. The van der Waals surface area contributed by atoms with Gasteiger partial charge in [-0.25, -0.2) is 8.78 Å². The van der Waals surface area contributed by atoms with E-state index < -0.39 is 23.9 Å². The van der Waals surface area contributed by atoms with Gasteiger partial charge in [-0.1, -0.05) is 18.2 Å². The molecule has 0 amide bonds. The number of hydrogen-bond acceptors (Lipinski definition) is 5. The SMILES string of the molecule is COc1cnccc1-c1ccc2cc(OCC(O)CN3CC4C(C3)C4(F)F)ccc2c1. The van der Waals surface area contributed by atoms with E-state index in [1.54, 1.807) is 19.5 Å². The van der Waals surface area contributed by atoms with Crippen LogP contribution in [0, 0.1) is 11.8 Å².